The zero-order valence-corrected chi connectivity index (χ0v) is 23.1. The van der Waals surface area contributed by atoms with Crippen molar-refractivity contribution in [1.82, 2.24) is 15.1 Å². The van der Waals surface area contributed by atoms with Crippen LogP contribution in [-0.2, 0) is 0 Å². The molecule has 1 saturated heterocycles. The fraction of sp³-hybridized carbons (Fsp3) is 0.333. The highest BCUT2D eigenvalue weighted by Gasteiger charge is 2.23. The smallest absolute Gasteiger partial charge is 0.266 e. The number of H-pyrrole nitrogens is 1. The molecule has 8 nitrogen and oxygen atoms in total. The third kappa shape index (κ3) is 6.00. The second-order valence-electron chi connectivity index (χ2n) is 9.65. The first-order valence-electron chi connectivity index (χ1n) is 13.2. The predicted octanol–water partition coefficient (Wildman–Crippen LogP) is 5.59. The molecule has 204 valence electrons. The van der Waals surface area contributed by atoms with Gasteiger partial charge >= 0.3 is 0 Å². The minimum atomic E-state index is -0.193. The monoisotopic (exact) mass is 546 g/mol. The highest BCUT2D eigenvalue weighted by molar-refractivity contribution is 7.12. The van der Waals surface area contributed by atoms with Crippen LogP contribution in [0.5, 0.6) is 11.5 Å². The molecule has 2 aromatic heterocycles. The van der Waals surface area contributed by atoms with Crippen LogP contribution in [0.2, 0.25) is 0 Å². The number of likely N-dealkylation sites (tertiary alicyclic amines) is 1. The number of fused-ring (bicyclic) bond motifs is 1. The summed E-state index contributed by atoms with van der Waals surface area (Å²) in [6, 6.07) is 13.9. The van der Waals surface area contributed by atoms with E-state index in [1.54, 1.807) is 7.11 Å². The number of carbonyl (C=O) groups excluding carboxylic acids is 1. The van der Waals surface area contributed by atoms with E-state index < -0.39 is 0 Å². The Bertz CT molecular complexity index is 1460. The molecule has 3 heterocycles. The van der Waals surface area contributed by atoms with Crippen molar-refractivity contribution in [2.75, 3.05) is 38.7 Å². The highest BCUT2D eigenvalue weighted by Crippen LogP contribution is 2.40. The Morgan fingerprint density at radius 2 is 2.13 bits per heavy atom. The molecule has 39 heavy (non-hydrogen) atoms. The SMILES string of the molecule is COc1c(OCCCN2CCC[C@H]2CO)ccc(C=Cc2n[nH]c3ccccc23)c1NC(=O)c1sccc1C. The molecule has 0 bridgehead atoms. The molecule has 0 aliphatic carbocycles. The van der Waals surface area contributed by atoms with Gasteiger partial charge in [0.25, 0.3) is 5.91 Å². The van der Waals surface area contributed by atoms with Crippen molar-refractivity contribution in [2.24, 2.45) is 0 Å². The van der Waals surface area contributed by atoms with Crippen LogP contribution in [0, 0.1) is 6.92 Å². The summed E-state index contributed by atoms with van der Waals surface area (Å²) in [6.45, 7) is 4.50. The Kier molecular flexibility index (Phi) is 8.61. The number of thiophene rings is 1. The zero-order valence-electron chi connectivity index (χ0n) is 22.3. The highest BCUT2D eigenvalue weighted by atomic mass is 32.1. The van der Waals surface area contributed by atoms with Gasteiger partial charge in [0, 0.05) is 23.5 Å². The number of rotatable bonds is 11. The Hall–Kier alpha value is -3.66. The van der Waals surface area contributed by atoms with E-state index in [0.717, 1.165) is 60.1 Å². The lowest BCUT2D eigenvalue weighted by atomic mass is 10.1. The summed E-state index contributed by atoms with van der Waals surface area (Å²) in [5, 5.41) is 23.1. The van der Waals surface area contributed by atoms with Crippen molar-refractivity contribution in [3.8, 4) is 11.5 Å². The molecule has 1 atom stereocenters. The number of methoxy groups -OCH3 is 1. The summed E-state index contributed by atoms with van der Waals surface area (Å²) in [5.41, 5.74) is 4.01. The van der Waals surface area contributed by atoms with Crippen molar-refractivity contribution in [2.45, 2.75) is 32.2 Å². The molecule has 5 rings (SSSR count). The molecular weight excluding hydrogens is 512 g/mol. The van der Waals surface area contributed by atoms with Crippen LogP contribution in [0.3, 0.4) is 0 Å². The third-order valence-corrected chi connectivity index (χ3v) is 8.16. The third-order valence-electron chi connectivity index (χ3n) is 7.14. The van der Waals surface area contributed by atoms with Gasteiger partial charge in [-0.25, -0.2) is 0 Å². The van der Waals surface area contributed by atoms with E-state index >= 15 is 0 Å². The van der Waals surface area contributed by atoms with Crippen molar-refractivity contribution >= 4 is 46.0 Å². The van der Waals surface area contributed by atoms with Gasteiger partial charge in [0.15, 0.2) is 11.5 Å². The van der Waals surface area contributed by atoms with Crippen molar-refractivity contribution in [1.29, 1.82) is 0 Å². The predicted molar refractivity (Wildman–Crippen MR) is 157 cm³/mol. The first-order valence-corrected chi connectivity index (χ1v) is 14.1. The average molecular weight is 547 g/mol. The van der Waals surface area contributed by atoms with Gasteiger partial charge in [-0.1, -0.05) is 24.3 Å². The summed E-state index contributed by atoms with van der Waals surface area (Å²) in [5.74, 6) is 0.848. The molecule has 2 aromatic carbocycles. The van der Waals surface area contributed by atoms with Crippen molar-refractivity contribution < 1.29 is 19.4 Å². The molecule has 1 fully saturated rings. The number of amides is 1. The minimum Gasteiger partial charge on any atom is -0.491 e. The van der Waals surface area contributed by atoms with Gasteiger partial charge in [0.1, 0.15) is 0 Å². The van der Waals surface area contributed by atoms with Crippen LogP contribution in [0.15, 0.2) is 47.8 Å². The number of benzene rings is 2. The number of para-hydroxylation sites is 1. The van der Waals surface area contributed by atoms with E-state index in [9.17, 15) is 9.90 Å². The Morgan fingerprint density at radius 3 is 2.92 bits per heavy atom. The van der Waals surface area contributed by atoms with Gasteiger partial charge in [0.05, 0.1) is 42.1 Å². The summed E-state index contributed by atoms with van der Waals surface area (Å²) >= 11 is 1.41. The first kappa shape index (κ1) is 26.9. The zero-order chi connectivity index (χ0) is 27.2. The summed E-state index contributed by atoms with van der Waals surface area (Å²) in [6.07, 6.45) is 6.84. The molecule has 1 aliphatic rings. The number of aliphatic hydroxyl groups excluding tert-OH is 1. The standard InChI is InChI=1S/C30H34N4O4S/c1-20-14-18-39-29(20)30(36)31-27-21(10-12-25-23-8-3-4-9-24(23)32-33-25)11-13-26(28(27)37-2)38-17-6-16-34-15-5-7-22(34)19-35/h3-4,8-14,18,22,35H,5-7,15-17,19H2,1-2H3,(H,31,36)(H,32,33)/t22-/m0/s1. The van der Waals surface area contributed by atoms with E-state index in [1.807, 2.05) is 66.9 Å². The maximum atomic E-state index is 13.2. The van der Waals surface area contributed by atoms with E-state index in [4.69, 9.17) is 9.47 Å². The first-order chi connectivity index (χ1) is 19.1. The van der Waals surface area contributed by atoms with Gasteiger partial charge < -0.3 is 19.9 Å². The molecule has 3 N–H and O–H groups in total. The number of nitrogens with zero attached hydrogens (tertiary/aromatic N) is 2. The van der Waals surface area contributed by atoms with E-state index in [2.05, 4.69) is 20.4 Å². The number of aryl methyl sites for hydroxylation is 1. The molecule has 4 aromatic rings. The van der Waals surface area contributed by atoms with Crippen LogP contribution >= 0.6 is 11.3 Å². The number of anilines is 1. The van der Waals surface area contributed by atoms with Gasteiger partial charge in [-0.2, -0.15) is 5.10 Å². The topological polar surface area (TPSA) is 99.7 Å². The second-order valence-corrected chi connectivity index (χ2v) is 10.6. The number of aliphatic hydroxyl groups is 1. The lowest BCUT2D eigenvalue weighted by Gasteiger charge is -2.22. The van der Waals surface area contributed by atoms with Crippen molar-refractivity contribution in [3.05, 3.63) is 69.5 Å². The van der Waals surface area contributed by atoms with Gasteiger partial charge in [-0.05, 0) is 74.0 Å². The Morgan fingerprint density at radius 1 is 1.26 bits per heavy atom. The lowest BCUT2D eigenvalue weighted by Crippen LogP contribution is -2.33. The molecular formula is C30H34N4O4S. The number of carbonyl (C=O) groups is 1. The minimum absolute atomic E-state index is 0.193. The van der Waals surface area contributed by atoms with Gasteiger partial charge in [0.2, 0.25) is 0 Å². The normalized spacial score (nSPS) is 15.8. The molecule has 0 saturated carbocycles. The number of aromatic nitrogens is 2. The largest absolute Gasteiger partial charge is 0.491 e. The molecule has 1 amide bonds. The van der Waals surface area contributed by atoms with E-state index in [-0.39, 0.29) is 18.6 Å². The summed E-state index contributed by atoms with van der Waals surface area (Å²) in [7, 11) is 1.58. The van der Waals surface area contributed by atoms with Crippen molar-refractivity contribution in [3.63, 3.8) is 0 Å². The average Bonchev–Trinajstić information content (AvgIpc) is 3.70. The van der Waals surface area contributed by atoms with Crippen LogP contribution in [0.4, 0.5) is 5.69 Å². The quantitative estimate of drug-likeness (QED) is 0.212. The number of ether oxygens (including phenoxy) is 2. The van der Waals surface area contributed by atoms with Crippen LogP contribution in [-0.4, -0.2) is 65.6 Å². The second kappa shape index (κ2) is 12.5. The molecule has 1 aliphatic heterocycles. The summed E-state index contributed by atoms with van der Waals surface area (Å²) in [4.78, 5) is 16.2. The maximum absolute atomic E-state index is 13.2. The van der Waals surface area contributed by atoms with Gasteiger partial charge in [-0.15, -0.1) is 11.3 Å². The lowest BCUT2D eigenvalue weighted by molar-refractivity contribution is 0.102. The number of aromatic amines is 1. The Balaban J connectivity index is 1.39. The fourth-order valence-corrected chi connectivity index (χ4v) is 5.89. The van der Waals surface area contributed by atoms with Crippen LogP contribution in [0.1, 0.15) is 45.8 Å². The maximum Gasteiger partial charge on any atom is 0.266 e. The molecule has 0 unspecified atom stereocenters. The van der Waals surface area contributed by atoms with Crippen LogP contribution < -0.4 is 14.8 Å². The summed E-state index contributed by atoms with van der Waals surface area (Å²) < 4.78 is 12.0. The van der Waals surface area contributed by atoms with E-state index in [0.29, 0.717) is 28.7 Å². The number of hydrogen-bond acceptors (Lipinski definition) is 7. The number of nitrogens with one attached hydrogen (secondary N) is 2. The van der Waals surface area contributed by atoms with E-state index in [1.165, 1.54) is 11.3 Å². The molecule has 0 spiro atoms. The van der Waals surface area contributed by atoms with Crippen LogP contribution in [0.25, 0.3) is 23.1 Å². The molecule has 9 heteroatoms. The number of hydrogen-bond donors (Lipinski definition) is 3. The molecule has 0 radical (unpaired) electrons. The Labute approximate surface area is 232 Å². The fourth-order valence-electron chi connectivity index (χ4n) is 5.07. The van der Waals surface area contributed by atoms with Gasteiger partial charge in [-0.3, -0.25) is 14.8 Å².